The van der Waals surface area contributed by atoms with Gasteiger partial charge in [-0.3, -0.25) is 37.3 Å². The largest absolute Gasteiger partial charge is 0.472 e. The molecule has 0 saturated heterocycles. The molecule has 0 aromatic carbocycles. The molecule has 0 fully saturated rings. The lowest BCUT2D eigenvalue weighted by molar-refractivity contribution is -0.161. The quantitative estimate of drug-likeness (QED) is 0.0222. The van der Waals surface area contributed by atoms with E-state index in [4.69, 9.17) is 37.0 Å². The lowest BCUT2D eigenvalue weighted by atomic mass is 10.0. The first-order valence-corrected chi connectivity index (χ1v) is 35.1. The van der Waals surface area contributed by atoms with Crippen LogP contribution in [0, 0.1) is 5.92 Å². The van der Waals surface area contributed by atoms with Gasteiger partial charge in [-0.2, -0.15) is 0 Å². The van der Waals surface area contributed by atoms with E-state index in [2.05, 4.69) is 34.6 Å². The summed E-state index contributed by atoms with van der Waals surface area (Å²) in [6.07, 6.45) is 37.9. The van der Waals surface area contributed by atoms with Crippen molar-refractivity contribution in [3.8, 4) is 0 Å². The second kappa shape index (κ2) is 55.0. The minimum absolute atomic E-state index is 0.103. The van der Waals surface area contributed by atoms with Crippen molar-refractivity contribution in [3.05, 3.63) is 0 Å². The fourth-order valence-electron chi connectivity index (χ4n) is 9.05. The number of carbonyl (C=O) groups excluding carboxylic acids is 4. The zero-order valence-corrected chi connectivity index (χ0v) is 53.0. The van der Waals surface area contributed by atoms with Gasteiger partial charge in [0, 0.05) is 25.7 Å². The van der Waals surface area contributed by atoms with Crippen molar-refractivity contribution in [2.45, 2.75) is 323 Å². The Labute approximate surface area is 486 Å². The Morgan fingerprint density at radius 2 is 0.575 bits per heavy atom. The van der Waals surface area contributed by atoms with Gasteiger partial charge in [0.15, 0.2) is 12.2 Å². The monoisotopic (exact) mass is 1180 g/mol. The highest BCUT2D eigenvalue weighted by Gasteiger charge is 2.30. The standard InChI is InChI=1S/C61H118O17P2/c1-6-9-12-15-17-19-21-23-25-27-31-36-41-46-60(65)78-57(51-72-59(64)45-40-35-30-26-24-22-20-18-16-13-10-7-2)53-76-80(69,70)74-49-55(62)48-73-79(67,68)75-52-56(50-71-58(63)44-39-33-14-11-8-3)77-61(66)47-42-37-32-28-29-34-38-43-54(4)5/h54-57,62H,6-53H2,1-5H3,(H,67,68)(H,69,70)/t55-,56+,57+/m0/s1. The van der Waals surface area contributed by atoms with E-state index in [-0.39, 0.29) is 25.7 Å². The number of hydrogen-bond acceptors (Lipinski definition) is 15. The number of phosphoric ester groups is 2. The van der Waals surface area contributed by atoms with Crippen molar-refractivity contribution in [1.82, 2.24) is 0 Å². The molecule has 0 aromatic heterocycles. The molecule has 3 N–H and O–H groups in total. The molecule has 80 heavy (non-hydrogen) atoms. The van der Waals surface area contributed by atoms with Gasteiger partial charge in [0.25, 0.3) is 0 Å². The molecule has 5 atom stereocenters. The zero-order chi connectivity index (χ0) is 59.2. The lowest BCUT2D eigenvalue weighted by Crippen LogP contribution is -2.30. The predicted molar refractivity (Wildman–Crippen MR) is 317 cm³/mol. The first-order valence-electron chi connectivity index (χ1n) is 32.1. The minimum atomic E-state index is -4.94. The van der Waals surface area contributed by atoms with Crippen LogP contribution in [-0.4, -0.2) is 96.7 Å². The first kappa shape index (κ1) is 78.1. The Balaban J connectivity index is 5.18. The molecular formula is C61H118O17P2. The van der Waals surface area contributed by atoms with Crippen LogP contribution in [0.2, 0.25) is 0 Å². The summed E-state index contributed by atoms with van der Waals surface area (Å²) in [5, 5.41) is 10.5. The van der Waals surface area contributed by atoms with Gasteiger partial charge >= 0.3 is 39.5 Å². The normalized spacial score (nSPS) is 14.3. The maximum atomic E-state index is 12.9. The summed E-state index contributed by atoms with van der Waals surface area (Å²) in [4.78, 5) is 71.8. The van der Waals surface area contributed by atoms with Gasteiger partial charge in [-0.1, -0.05) is 253 Å². The molecule has 474 valence electrons. The molecule has 0 radical (unpaired) electrons. The molecule has 0 spiro atoms. The van der Waals surface area contributed by atoms with E-state index in [0.29, 0.717) is 31.6 Å². The summed E-state index contributed by atoms with van der Waals surface area (Å²) in [5.41, 5.74) is 0. The number of ether oxygens (including phenoxy) is 4. The average Bonchev–Trinajstić information content (AvgIpc) is 3.42. The third-order valence-electron chi connectivity index (χ3n) is 14.0. The summed E-state index contributed by atoms with van der Waals surface area (Å²) in [7, 11) is -9.87. The lowest BCUT2D eigenvalue weighted by Gasteiger charge is -2.21. The van der Waals surface area contributed by atoms with Crippen LogP contribution in [0.1, 0.15) is 304 Å². The van der Waals surface area contributed by atoms with Crippen LogP contribution in [-0.2, 0) is 65.4 Å². The number of phosphoric acid groups is 2. The summed E-state index contributed by atoms with van der Waals surface area (Å²) in [6, 6.07) is 0. The minimum Gasteiger partial charge on any atom is -0.462 e. The van der Waals surface area contributed by atoms with Crippen molar-refractivity contribution in [3.63, 3.8) is 0 Å². The number of esters is 4. The van der Waals surface area contributed by atoms with Crippen LogP contribution in [0.5, 0.6) is 0 Å². The van der Waals surface area contributed by atoms with E-state index in [1.54, 1.807) is 0 Å². The van der Waals surface area contributed by atoms with Crippen LogP contribution >= 0.6 is 15.6 Å². The fourth-order valence-corrected chi connectivity index (χ4v) is 10.6. The highest BCUT2D eigenvalue weighted by atomic mass is 31.2. The fraction of sp³-hybridized carbons (Fsp3) is 0.934. The van der Waals surface area contributed by atoms with Crippen LogP contribution < -0.4 is 0 Å². The van der Waals surface area contributed by atoms with E-state index in [0.717, 1.165) is 96.3 Å². The number of aliphatic hydroxyl groups excluding tert-OH is 1. The molecular weight excluding hydrogens is 1070 g/mol. The third-order valence-corrected chi connectivity index (χ3v) is 15.9. The number of carbonyl (C=O) groups is 4. The van der Waals surface area contributed by atoms with E-state index in [1.807, 2.05) is 0 Å². The maximum absolute atomic E-state index is 12.9. The molecule has 0 saturated carbocycles. The van der Waals surface area contributed by atoms with E-state index in [9.17, 15) is 43.2 Å². The van der Waals surface area contributed by atoms with Gasteiger partial charge in [0.1, 0.15) is 19.3 Å². The Kier molecular flexibility index (Phi) is 53.6. The molecule has 0 aliphatic carbocycles. The summed E-state index contributed by atoms with van der Waals surface area (Å²) in [6.45, 7) is 7.02. The van der Waals surface area contributed by atoms with Gasteiger partial charge in [0.2, 0.25) is 0 Å². The zero-order valence-electron chi connectivity index (χ0n) is 51.2. The molecule has 0 heterocycles. The summed E-state index contributed by atoms with van der Waals surface area (Å²) >= 11 is 0. The van der Waals surface area contributed by atoms with E-state index in [1.165, 1.54) is 122 Å². The topological polar surface area (TPSA) is 237 Å². The third kappa shape index (κ3) is 55.3. The molecule has 19 heteroatoms. The number of hydrogen-bond donors (Lipinski definition) is 3. The van der Waals surface area contributed by atoms with Gasteiger partial charge < -0.3 is 33.8 Å². The van der Waals surface area contributed by atoms with Crippen LogP contribution in [0.15, 0.2) is 0 Å². The summed E-state index contributed by atoms with van der Waals surface area (Å²) < 4.78 is 67.7. The van der Waals surface area contributed by atoms with Gasteiger partial charge in [-0.25, -0.2) is 9.13 Å². The second-order valence-electron chi connectivity index (χ2n) is 22.6. The Hall–Kier alpha value is -1.94. The molecule has 17 nitrogen and oxygen atoms in total. The maximum Gasteiger partial charge on any atom is 0.472 e. The van der Waals surface area contributed by atoms with Crippen LogP contribution in [0.25, 0.3) is 0 Å². The van der Waals surface area contributed by atoms with Crippen LogP contribution in [0.4, 0.5) is 0 Å². The Bertz CT molecular complexity index is 1570. The van der Waals surface area contributed by atoms with Crippen molar-refractivity contribution < 1.29 is 80.2 Å². The highest BCUT2D eigenvalue weighted by molar-refractivity contribution is 7.47. The van der Waals surface area contributed by atoms with Crippen molar-refractivity contribution >= 4 is 39.5 Å². The van der Waals surface area contributed by atoms with Crippen LogP contribution in [0.3, 0.4) is 0 Å². The molecule has 0 bridgehead atoms. The molecule has 0 rings (SSSR count). The van der Waals surface area contributed by atoms with Gasteiger partial charge in [-0.15, -0.1) is 0 Å². The highest BCUT2D eigenvalue weighted by Crippen LogP contribution is 2.45. The molecule has 0 aliphatic heterocycles. The van der Waals surface area contributed by atoms with Gasteiger partial charge in [0.05, 0.1) is 26.4 Å². The number of unbranched alkanes of at least 4 members (excludes halogenated alkanes) is 33. The number of aliphatic hydroxyl groups is 1. The molecule has 0 aliphatic rings. The predicted octanol–water partition coefficient (Wildman–Crippen LogP) is 16.6. The van der Waals surface area contributed by atoms with E-state index < -0.39 is 97.5 Å². The Morgan fingerprint density at radius 1 is 0.338 bits per heavy atom. The smallest absolute Gasteiger partial charge is 0.462 e. The SMILES string of the molecule is CCCCCCCCCCCCCCCC(=O)O[C@H](COC(=O)CCCCCCCCCCCCCC)COP(=O)(O)OC[C@@H](O)COP(=O)(O)OC[C@@H](COC(=O)CCCCCCC)OC(=O)CCCCCCCCCC(C)C. The summed E-state index contributed by atoms with van der Waals surface area (Å²) in [5.74, 6) is -1.45. The van der Waals surface area contributed by atoms with Crippen molar-refractivity contribution in [2.75, 3.05) is 39.6 Å². The molecule has 2 unspecified atom stereocenters. The molecule has 0 aromatic rings. The van der Waals surface area contributed by atoms with Crippen molar-refractivity contribution in [1.29, 1.82) is 0 Å². The first-order chi connectivity index (χ1) is 38.5. The van der Waals surface area contributed by atoms with Crippen molar-refractivity contribution in [2.24, 2.45) is 5.92 Å². The average molecular weight is 1190 g/mol. The van der Waals surface area contributed by atoms with E-state index >= 15 is 0 Å². The van der Waals surface area contributed by atoms with Gasteiger partial charge in [-0.05, 0) is 31.6 Å². The number of rotatable bonds is 61. The Morgan fingerprint density at radius 3 is 0.850 bits per heavy atom. The second-order valence-corrected chi connectivity index (χ2v) is 25.5. The molecule has 0 amide bonds.